The summed E-state index contributed by atoms with van der Waals surface area (Å²) >= 11 is 0. The van der Waals surface area contributed by atoms with E-state index in [1.807, 2.05) is 38.1 Å². The molecule has 0 aliphatic rings. The highest BCUT2D eigenvalue weighted by molar-refractivity contribution is 5.85. The van der Waals surface area contributed by atoms with E-state index in [0.29, 0.717) is 6.61 Å². The van der Waals surface area contributed by atoms with Crippen LogP contribution in [0.5, 0.6) is 5.75 Å². The standard InChI is InChI=1S/C13H14N2O3/c1-3-18-11-6-4-5-10(8-11)15-9(2)7-12(14-15)13(16)17/h4-8H,3H2,1-2H3,(H,16,17). The van der Waals surface area contributed by atoms with Gasteiger partial charge in [0.15, 0.2) is 5.69 Å². The number of hydrogen-bond acceptors (Lipinski definition) is 3. The first-order valence-electron chi connectivity index (χ1n) is 5.65. The molecule has 0 fully saturated rings. The number of aromatic nitrogens is 2. The first-order chi connectivity index (χ1) is 8.61. The van der Waals surface area contributed by atoms with Crippen LogP contribution in [0.4, 0.5) is 0 Å². The molecule has 2 rings (SSSR count). The highest BCUT2D eigenvalue weighted by atomic mass is 16.5. The van der Waals surface area contributed by atoms with Crippen LogP contribution < -0.4 is 4.74 Å². The third-order valence-corrected chi connectivity index (χ3v) is 2.48. The number of nitrogens with zero attached hydrogens (tertiary/aromatic N) is 2. The fraction of sp³-hybridized carbons (Fsp3) is 0.231. The van der Waals surface area contributed by atoms with Crippen LogP contribution in [0.2, 0.25) is 0 Å². The first kappa shape index (κ1) is 12.2. The lowest BCUT2D eigenvalue weighted by Crippen LogP contribution is -2.02. The Hall–Kier alpha value is -2.30. The SMILES string of the molecule is CCOc1cccc(-n2nc(C(=O)O)cc2C)c1. The predicted octanol–water partition coefficient (Wildman–Crippen LogP) is 2.28. The topological polar surface area (TPSA) is 64.4 Å². The van der Waals surface area contributed by atoms with E-state index >= 15 is 0 Å². The number of hydrogen-bond donors (Lipinski definition) is 1. The molecule has 2 aromatic rings. The van der Waals surface area contributed by atoms with E-state index in [2.05, 4.69) is 5.10 Å². The summed E-state index contributed by atoms with van der Waals surface area (Å²) in [6, 6.07) is 8.92. The highest BCUT2D eigenvalue weighted by Gasteiger charge is 2.11. The molecule has 0 radical (unpaired) electrons. The Morgan fingerprint density at radius 2 is 2.22 bits per heavy atom. The van der Waals surface area contributed by atoms with Gasteiger partial charge in [-0.25, -0.2) is 9.48 Å². The van der Waals surface area contributed by atoms with Crippen LogP contribution in [0.1, 0.15) is 23.1 Å². The van der Waals surface area contributed by atoms with Gasteiger partial charge in [0.1, 0.15) is 5.75 Å². The molecular weight excluding hydrogens is 232 g/mol. The zero-order chi connectivity index (χ0) is 13.1. The van der Waals surface area contributed by atoms with E-state index in [9.17, 15) is 4.79 Å². The molecule has 0 saturated carbocycles. The summed E-state index contributed by atoms with van der Waals surface area (Å²) < 4.78 is 6.99. The summed E-state index contributed by atoms with van der Waals surface area (Å²) in [6.45, 7) is 4.31. The summed E-state index contributed by atoms with van der Waals surface area (Å²) in [6.07, 6.45) is 0. The molecule has 0 bridgehead atoms. The molecule has 0 aliphatic carbocycles. The molecule has 1 aromatic carbocycles. The molecular formula is C13H14N2O3. The van der Waals surface area contributed by atoms with Crippen molar-refractivity contribution in [3.8, 4) is 11.4 Å². The molecule has 1 N–H and O–H groups in total. The largest absolute Gasteiger partial charge is 0.494 e. The molecule has 0 saturated heterocycles. The van der Waals surface area contributed by atoms with Gasteiger partial charge >= 0.3 is 5.97 Å². The average Bonchev–Trinajstić information content (AvgIpc) is 2.72. The van der Waals surface area contributed by atoms with Crippen molar-refractivity contribution >= 4 is 5.97 Å². The Kier molecular flexibility index (Phi) is 3.32. The van der Waals surface area contributed by atoms with Gasteiger partial charge in [0.05, 0.1) is 12.3 Å². The summed E-state index contributed by atoms with van der Waals surface area (Å²) in [5.41, 5.74) is 1.58. The molecule has 0 atom stereocenters. The number of carboxylic acid groups (broad SMARTS) is 1. The smallest absolute Gasteiger partial charge is 0.356 e. The lowest BCUT2D eigenvalue weighted by atomic mass is 10.3. The fourth-order valence-electron chi connectivity index (χ4n) is 1.71. The maximum atomic E-state index is 10.9. The maximum Gasteiger partial charge on any atom is 0.356 e. The quantitative estimate of drug-likeness (QED) is 0.898. The monoisotopic (exact) mass is 246 g/mol. The number of carbonyl (C=O) groups is 1. The van der Waals surface area contributed by atoms with E-state index in [1.165, 1.54) is 6.07 Å². The van der Waals surface area contributed by atoms with Crippen molar-refractivity contribution < 1.29 is 14.6 Å². The van der Waals surface area contributed by atoms with E-state index in [1.54, 1.807) is 4.68 Å². The number of aromatic carboxylic acids is 1. The van der Waals surface area contributed by atoms with E-state index in [4.69, 9.17) is 9.84 Å². The molecule has 0 spiro atoms. The van der Waals surface area contributed by atoms with Crippen LogP contribution in [0.25, 0.3) is 5.69 Å². The van der Waals surface area contributed by atoms with Crippen molar-refractivity contribution in [1.82, 2.24) is 9.78 Å². The molecule has 94 valence electrons. The first-order valence-corrected chi connectivity index (χ1v) is 5.65. The molecule has 0 amide bonds. The molecule has 5 heteroatoms. The Balaban J connectivity index is 2.41. The maximum absolute atomic E-state index is 10.9. The number of carboxylic acids is 1. The van der Waals surface area contributed by atoms with Gasteiger partial charge < -0.3 is 9.84 Å². The molecule has 0 aliphatic heterocycles. The van der Waals surface area contributed by atoms with Gasteiger partial charge in [0.25, 0.3) is 0 Å². The third kappa shape index (κ3) is 2.34. The average molecular weight is 246 g/mol. The zero-order valence-corrected chi connectivity index (χ0v) is 10.3. The van der Waals surface area contributed by atoms with Crippen LogP contribution in [0.15, 0.2) is 30.3 Å². The van der Waals surface area contributed by atoms with E-state index < -0.39 is 5.97 Å². The van der Waals surface area contributed by atoms with Crippen LogP contribution in [0.3, 0.4) is 0 Å². The van der Waals surface area contributed by atoms with Gasteiger partial charge in [-0.2, -0.15) is 5.10 Å². The van der Waals surface area contributed by atoms with Crippen molar-refractivity contribution in [2.75, 3.05) is 6.61 Å². The Bertz CT molecular complexity index is 575. The van der Waals surface area contributed by atoms with Crippen LogP contribution in [0, 0.1) is 6.92 Å². The minimum atomic E-state index is -1.03. The summed E-state index contributed by atoms with van der Waals surface area (Å²) in [7, 11) is 0. The zero-order valence-electron chi connectivity index (χ0n) is 10.3. The molecule has 1 aromatic heterocycles. The molecule has 1 heterocycles. The summed E-state index contributed by atoms with van der Waals surface area (Å²) in [5, 5.41) is 13.0. The second-order valence-corrected chi connectivity index (χ2v) is 3.82. The predicted molar refractivity (Wildman–Crippen MR) is 66.4 cm³/mol. The Morgan fingerprint density at radius 1 is 1.44 bits per heavy atom. The summed E-state index contributed by atoms with van der Waals surface area (Å²) in [4.78, 5) is 10.9. The second kappa shape index (κ2) is 4.91. The van der Waals surface area contributed by atoms with Crippen molar-refractivity contribution in [3.05, 3.63) is 41.7 Å². The van der Waals surface area contributed by atoms with Crippen molar-refractivity contribution in [2.24, 2.45) is 0 Å². The van der Waals surface area contributed by atoms with E-state index in [0.717, 1.165) is 17.1 Å². The second-order valence-electron chi connectivity index (χ2n) is 3.82. The highest BCUT2D eigenvalue weighted by Crippen LogP contribution is 2.18. The molecule has 5 nitrogen and oxygen atoms in total. The van der Waals surface area contributed by atoms with Gasteiger partial charge in [0, 0.05) is 11.8 Å². The van der Waals surface area contributed by atoms with Crippen LogP contribution in [-0.2, 0) is 0 Å². The van der Waals surface area contributed by atoms with Gasteiger partial charge in [-0.1, -0.05) is 6.07 Å². The normalized spacial score (nSPS) is 10.3. The lowest BCUT2D eigenvalue weighted by molar-refractivity contribution is 0.0690. The van der Waals surface area contributed by atoms with Crippen molar-refractivity contribution in [3.63, 3.8) is 0 Å². The number of aryl methyl sites for hydroxylation is 1. The Labute approximate surface area is 105 Å². The van der Waals surface area contributed by atoms with Crippen molar-refractivity contribution in [1.29, 1.82) is 0 Å². The third-order valence-electron chi connectivity index (χ3n) is 2.48. The summed E-state index contributed by atoms with van der Waals surface area (Å²) in [5.74, 6) is -0.292. The fourth-order valence-corrected chi connectivity index (χ4v) is 1.71. The van der Waals surface area contributed by atoms with Crippen molar-refractivity contribution in [2.45, 2.75) is 13.8 Å². The number of rotatable bonds is 4. The van der Waals surface area contributed by atoms with Gasteiger partial charge in [-0.3, -0.25) is 0 Å². The number of benzene rings is 1. The minimum absolute atomic E-state index is 0.0364. The van der Waals surface area contributed by atoms with Gasteiger partial charge in [0.2, 0.25) is 0 Å². The van der Waals surface area contributed by atoms with Gasteiger partial charge in [-0.15, -0.1) is 0 Å². The Morgan fingerprint density at radius 3 is 2.83 bits per heavy atom. The minimum Gasteiger partial charge on any atom is -0.494 e. The van der Waals surface area contributed by atoms with Crippen LogP contribution in [-0.4, -0.2) is 27.5 Å². The van der Waals surface area contributed by atoms with Crippen LogP contribution >= 0.6 is 0 Å². The van der Waals surface area contributed by atoms with E-state index in [-0.39, 0.29) is 5.69 Å². The lowest BCUT2D eigenvalue weighted by Gasteiger charge is -2.07. The molecule has 18 heavy (non-hydrogen) atoms. The van der Waals surface area contributed by atoms with Gasteiger partial charge in [-0.05, 0) is 32.0 Å². The number of ether oxygens (including phenoxy) is 1. The molecule has 0 unspecified atom stereocenters.